The second kappa shape index (κ2) is 3.33. The Morgan fingerprint density at radius 2 is 1.71 bits per heavy atom. The van der Waals surface area contributed by atoms with Gasteiger partial charge in [-0.2, -0.15) is 0 Å². The van der Waals surface area contributed by atoms with E-state index in [0.717, 1.165) is 12.1 Å². The highest BCUT2D eigenvalue weighted by atomic mass is 16.7. The third-order valence-corrected chi connectivity index (χ3v) is 2.23. The quantitative estimate of drug-likeness (QED) is 0.416. The van der Waals surface area contributed by atoms with Gasteiger partial charge in [0.2, 0.25) is 0 Å². The van der Waals surface area contributed by atoms with Crippen molar-refractivity contribution in [1.29, 1.82) is 0 Å². The van der Waals surface area contributed by atoms with Crippen LogP contribution in [0.3, 0.4) is 0 Å². The van der Waals surface area contributed by atoms with Crippen LogP contribution in [0.2, 0.25) is 0 Å². The predicted octanol–water partition coefficient (Wildman–Crippen LogP) is 0.382. The van der Waals surface area contributed by atoms with Crippen LogP contribution in [0.25, 0.3) is 0 Å². The minimum Gasteiger partial charge on any atom is -0.262 e. The number of benzene rings is 1. The number of rotatable bonds is 2. The second-order valence-corrected chi connectivity index (χ2v) is 3.12. The molecule has 1 aromatic carbocycles. The molecule has 0 aliphatic carbocycles. The molecule has 9 heteroatoms. The first-order valence-electron chi connectivity index (χ1n) is 4.25. The van der Waals surface area contributed by atoms with E-state index in [1.807, 2.05) is 0 Å². The van der Waals surface area contributed by atoms with Gasteiger partial charge >= 0.3 is 11.8 Å². The van der Waals surface area contributed by atoms with Crippen LogP contribution >= 0.6 is 0 Å². The molecule has 1 heterocycles. The Labute approximate surface area is 92.5 Å². The summed E-state index contributed by atoms with van der Waals surface area (Å²) in [6.07, 6.45) is 0. The third kappa shape index (κ3) is 1.33. The average molecular weight is 237 g/mol. The van der Waals surface area contributed by atoms with Crippen LogP contribution in [0.1, 0.15) is 20.7 Å². The lowest BCUT2D eigenvalue weighted by atomic mass is 10.1. The van der Waals surface area contributed by atoms with Crippen molar-refractivity contribution in [2.45, 2.75) is 0 Å². The molecule has 0 fully saturated rings. The normalized spacial score (nSPS) is 13.8. The minimum atomic E-state index is -1.29. The zero-order chi connectivity index (χ0) is 12.7. The molecule has 17 heavy (non-hydrogen) atoms. The van der Waals surface area contributed by atoms with Crippen LogP contribution in [0.15, 0.2) is 18.2 Å². The van der Waals surface area contributed by atoms with E-state index in [1.165, 1.54) is 6.07 Å². The summed E-state index contributed by atoms with van der Waals surface area (Å²) >= 11 is 0. The van der Waals surface area contributed by atoms with Crippen molar-refractivity contribution in [3.8, 4) is 0 Å². The molecule has 0 unspecified atom stereocenters. The van der Waals surface area contributed by atoms with Crippen LogP contribution in [0.4, 0.5) is 5.69 Å². The molecule has 1 aliphatic rings. The summed E-state index contributed by atoms with van der Waals surface area (Å²) in [6, 6.07) is 3.32. The first-order valence-corrected chi connectivity index (χ1v) is 4.25. The molecule has 86 valence electrons. The zero-order valence-corrected chi connectivity index (χ0v) is 8.02. The number of amides is 2. The zero-order valence-electron chi connectivity index (χ0n) is 8.02. The summed E-state index contributed by atoms with van der Waals surface area (Å²) in [6.45, 7) is 0. The fraction of sp³-hybridized carbons (Fsp3) is 0. The van der Waals surface area contributed by atoms with Crippen molar-refractivity contribution in [2.75, 3.05) is 0 Å². The van der Waals surface area contributed by atoms with Gasteiger partial charge < -0.3 is 0 Å². The number of hydrazine groups is 1. The molecule has 0 N–H and O–H groups in total. The summed E-state index contributed by atoms with van der Waals surface area (Å²) in [7, 11) is 0. The van der Waals surface area contributed by atoms with E-state index in [-0.39, 0.29) is 10.6 Å². The molecule has 0 radical (unpaired) electrons. The number of nitro benzene ring substituents is 1. The fourth-order valence-corrected chi connectivity index (χ4v) is 1.56. The molecule has 0 aromatic heterocycles. The number of hydrogen-bond acceptors (Lipinski definition) is 6. The molecule has 0 saturated carbocycles. The maximum absolute atomic E-state index is 11.5. The minimum absolute atomic E-state index is 0.238. The van der Waals surface area contributed by atoms with Gasteiger partial charge in [-0.25, -0.2) is 10.1 Å². The molecule has 2 rings (SSSR count). The Kier molecular flexibility index (Phi) is 2.09. The maximum Gasteiger partial charge on any atom is 0.331 e. The largest absolute Gasteiger partial charge is 0.331 e. The van der Waals surface area contributed by atoms with Crippen molar-refractivity contribution < 1.29 is 19.5 Å². The topological polar surface area (TPSA) is 124 Å². The summed E-state index contributed by atoms with van der Waals surface area (Å²) in [4.78, 5) is 43.3. The van der Waals surface area contributed by atoms with Gasteiger partial charge in [-0.05, 0) is 6.07 Å². The van der Waals surface area contributed by atoms with Crippen LogP contribution in [0.5, 0.6) is 0 Å². The SMILES string of the molecule is O=C1c2cccc([N+](=O)[O-])c2C(=O)N1[N+](=O)[O-]. The van der Waals surface area contributed by atoms with Crippen LogP contribution in [0, 0.1) is 20.2 Å². The van der Waals surface area contributed by atoms with Crippen LogP contribution in [-0.2, 0) is 0 Å². The van der Waals surface area contributed by atoms with Gasteiger partial charge in [0, 0.05) is 11.1 Å². The standard InChI is InChI=1S/C8H3N3O6/c12-7-4-2-1-3-5(10(14)15)6(4)8(13)9(7)11(16)17/h1-3H. The molecule has 0 atom stereocenters. The fourth-order valence-electron chi connectivity index (χ4n) is 1.56. The van der Waals surface area contributed by atoms with Crippen LogP contribution < -0.4 is 0 Å². The number of carbonyl (C=O) groups excluding carboxylic acids is 2. The number of nitro groups is 2. The lowest BCUT2D eigenvalue weighted by molar-refractivity contribution is -0.609. The molecule has 1 aromatic rings. The maximum atomic E-state index is 11.5. The van der Waals surface area contributed by atoms with Gasteiger partial charge in [0.25, 0.3) is 5.69 Å². The van der Waals surface area contributed by atoms with Gasteiger partial charge in [0.05, 0.1) is 10.5 Å². The van der Waals surface area contributed by atoms with Crippen molar-refractivity contribution in [3.63, 3.8) is 0 Å². The van der Waals surface area contributed by atoms with Gasteiger partial charge in [-0.1, -0.05) is 6.07 Å². The number of hydrogen-bond donors (Lipinski definition) is 0. The van der Waals surface area contributed by atoms with Crippen molar-refractivity contribution in [2.24, 2.45) is 0 Å². The van der Waals surface area contributed by atoms with Crippen molar-refractivity contribution >= 4 is 17.5 Å². The Hall–Kier alpha value is -2.84. The Morgan fingerprint density at radius 3 is 2.24 bits per heavy atom. The Bertz CT molecular complexity index is 581. The molecular formula is C8H3N3O6. The summed E-state index contributed by atoms with van der Waals surface area (Å²) in [5.41, 5.74) is -1.50. The van der Waals surface area contributed by atoms with E-state index >= 15 is 0 Å². The molecular weight excluding hydrogens is 234 g/mol. The van der Waals surface area contributed by atoms with E-state index in [0.29, 0.717) is 0 Å². The summed E-state index contributed by atoms with van der Waals surface area (Å²) < 4.78 is 0. The van der Waals surface area contributed by atoms with E-state index in [2.05, 4.69) is 0 Å². The average Bonchev–Trinajstić information content (AvgIpc) is 2.51. The molecule has 0 saturated heterocycles. The summed E-state index contributed by atoms with van der Waals surface area (Å²) in [5.74, 6) is -2.46. The second-order valence-electron chi connectivity index (χ2n) is 3.12. The molecule has 9 nitrogen and oxygen atoms in total. The first kappa shape index (κ1) is 10.7. The molecule has 1 aliphatic heterocycles. The monoisotopic (exact) mass is 237 g/mol. The number of carbonyl (C=O) groups is 2. The Balaban J connectivity index is 2.70. The van der Waals surface area contributed by atoms with E-state index in [9.17, 15) is 29.8 Å². The first-order chi connectivity index (χ1) is 7.95. The summed E-state index contributed by atoms with van der Waals surface area (Å²) in [5, 5.41) is 19.7. The lowest BCUT2D eigenvalue weighted by Gasteiger charge is -1.99. The van der Waals surface area contributed by atoms with Gasteiger partial charge in [0.15, 0.2) is 5.03 Å². The lowest BCUT2D eigenvalue weighted by Crippen LogP contribution is -2.35. The highest BCUT2D eigenvalue weighted by Gasteiger charge is 2.48. The van der Waals surface area contributed by atoms with Crippen molar-refractivity contribution in [1.82, 2.24) is 5.01 Å². The predicted molar refractivity (Wildman–Crippen MR) is 50.6 cm³/mol. The number of fused-ring (bicyclic) bond motifs is 1. The van der Waals surface area contributed by atoms with Gasteiger partial charge in [0.1, 0.15) is 5.56 Å². The third-order valence-electron chi connectivity index (χ3n) is 2.23. The van der Waals surface area contributed by atoms with Gasteiger partial charge in [-0.3, -0.25) is 19.7 Å². The smallest absolute Gasteiger partial charge is 0.262 e. The number of imide groups is 1. The molecule has 0 spiro atoms. The van der Waals surface area contributed by atoms with Gasteiger partial charge in [-0.15, -0.1) is 0 Å². The van der Waals surface area contributed by atoms with E-state index in [1.54, 1.807) is 0 Å². The molecule has 0 bridgehead atoms. The Morgan fingerprint density at radius 1 is 1.06 bits per heavy atom. The highest BCUT2D eigenvalue weighted by molar-refractivity contribution is 6.22. The highest BCUT2D eigenvalue weighted by Crippen LogP contribution is 2.30. The van der Waals surface area contributed by atoms with E-state index in [4.69, 9.17) is 0 Å². The van der Waals surface area contributed by atoms with E-state index < -0.39 is 33.0 Å². The van der Waals surface area contributed by atoms with Crippen molar-refractivity contribution in [3.05, 3.63) is 49.6 Å². The van der Waals surface area contributed by atoms with Crippen LogP contribution in [-0.4, -0.2) is 26.8 Å². The molecule has 2 amide bonds. The number of nitrogens with zero attached hydrogens (tertiary/aromatic N) is 3.